The van der Waals surface area contributed by atoms with E-state index in [1.807, 2.05) is 0 Å². The Morgan fingerprint density at radius 2 is 2.13 bits per heavy atom. The first-order valence-electron chi connectivity index (χ1n) is 7.29. The molecule has 0 unspecified atom stereocenters. The van der Waals surface area contributed by atoms with Crippen molar-refractivity contribution < 1.29 is 24.2 Å². The Morgan fingerprint density at radius 3 is 2.74 bits per heavy atom. The minimum Gasteiger partial charge on any atom is -0.503 e. The van der Waals surface area contributed by atoms with Crippen molar-refractivity contribution in [3.63, 3.8) is 0 Å². The van der Waals surface area contributed by atoms with Crippen molar-refractivity contribution in [1.29, 1.82) is 0 Å². The topological polar surface area (TPSA) is 89.9 Å². The molecule has 2 rings (SSSR count). The fraction of sp³-hybridized carbons (Fsp3) is 0.375. The number of amides is 1. The molecule has 0 radical (unpaired) electrons. The van der Waals surface area contributed by atoms with Crippen molar-refractivity contribution in [3.05, 3.63) is 47.0 Å². The van der Waals surface area contributed by atoms with Gasteiger partial charge in [-0.05, 0) is 24.6 Å². The van der Waals surface area contributed by atoms with Gasteiger partial charge in [0.1, 0.15) is 5.82 Å². The van der Waals surface area contributed by atoms with E-state index in [4.69, 9.17) is 5.11 Å². The van der Waals surface area contributed by atoms with Crippen LogP contribution in [0.1, 0.15) is 18.5 Å². The maximum Gasteiger partial charge on any atom is 0.290 e. The summed E-state index contributed by atoms with van der Waals surface area (Å²) in [6.45, 7) is 2.17. The number of benzene rings is 1. The minimum absolute atomic E-state index is 0.0252. The summed E-state index contributed by atoms with van der Waals surface area (Å²) in [7, 11) is 0. The monoisotopic (exact) mass is 322 g/mol. The van der Waals surface area contributed by atoms with E-state index in [1.165, 1.54) is 30.0 Å². The fourth-order valence-electron chi connectivity index (χ4n) is 2.67. The van der Waals surface area contributed by atoms with Gasteiger partial charge in [0.05, 0.1) is 18.2 Å². The lowest BCUT2D eigenvalue weighted by molar-refractivity contribution is -0.129. The molecule has 0 fully saturated rings. The number of carbonyl (C=O) groups is 2. The second kappa shape index (κ2) is 7.34. The number of halogens is 1. The summed E-state index contributed by atoms with van der Waals surface area (Å²) in [6, 6.07) is 4.80. The van der Waals surface area contributed by atoms with E-state index >= 15 is 0 Å². The molecule has 0 bridgehead atoms. The standard InChI is InChI=1S/C16H19FN2O4/c1-10(21)13-14(11-3-2-4-12(17)9-11)19(16(23)15(13)22)7-5-18-6-8-20/h2-4,9,14,18,20,22H,5-8H2,1H3/t14-/m0/s1. The van der Waals surface area contributed by atoms with E-state index in [-0.39, 0.29) is 18.7 Å². The molecule has 0 aromatic heterocycles. The third-order valence-electron chi connectivity index (χ3n) is 3.67. The highest BCUT2D eigenvalue weighted by Gasteiger charge is 2.42. The Bertz CT molecular complexity index is 645. The van der Waals surface area contributed by atoms with Crippen LogP contribution in [0.2, 0.25) is 0 Å². The minimum atomic E-state index is -0.813. The molecule has 1 aromatic rings. The van der Waals surface area contributed by atoms with Gasteiger partial charge >= 0.3 is 0 Å². The van der Waals surface area contributed by atoms with Crippen LogP contribution in [0, 0.1) is 5.82 Å². The normalized spacial score (nSPS) is 18.0. The summed E-state index contributed by atoms with van der Waals surface area (Å²) in [6.07, 6.45) is 0. The first-order chi connectivity index (χ1) is 11.0. The van der Waals surface area contributed by atoms with E-state index in [0.717, 1.165) is 0 Å². The third kappa shape index (κ3) is 3.57. The average molecular weight is 322 g/mol. The number of aliphatic hydroxyl groups is 2. The first kappa shape index (κ1) is 17.1. The number of nitrogens with zero attached hydrogens (tertiary/aromatic N) is 1. The van der Waals surface area contributed by atoms with Crippen LogP contribution in [-0.4, -0.2) is 53.0 Å². The highest BCUT2D eigenvalue weighted by molar-refractivity contribution is 6.08. The molecule has 1 aliphatic heterocycles. The van der Waals surface area contributed by atoms with Crippen LogP contribution in [0.15, 0.2) is 35.6 Å². The summed E-state index contributed by atoms with van der Waals surface area (Å²) in [5.41, 5.74) is 0.400. The van der Waals surface area contributed by atoms with E-state index in [9.17, 15) is 19.1 Å². The Balaban J connectivity index is 2.33. The molecular formula is C16H19FN2O4. The predicted octanol–water partition coefficient (Wildman–Crippen LogP) is 0.692. The zero-order valence-electron chi connectivity index (χ0n) is 12.8. The summed E-state index contributed by atoms with van der Waals surface area (Å²) in [5.74, 6) is -2.16. The molecule has 1 aliphatic rings. The zero-order chi connectivity index (χ0) is 17.0. The van der Waals surface area contributed by atoms with E-state index in [2.05, 4.69) is 5.32 Å². The molecule has 3 N–H and O–H groups in total. The van der Waals surface area contributed by atoms with Gasteiger partial charge in [0.15, 0.2) is 11.5 Å². The second-order valence-electron chi connectivity index (χ2n) is 5.25. The summed E-state index contributed by atoms with van der Waals surface area (Å²) in [5, 5.41) is 21.7. The third-order valence-corrected chi connectivity index (χ3v) is 3.67. The maximum absolute atomic E-state index is 13.5. The van der Waals surface area contributed by atoms with Crippen LogP contribution in [0.5, 0.6) is 0 Å². The molecule has 124 valence electrons. The van der Waals surface area contributed by atoms with Gasteiger partial charge in [0.25, 0.3) is 5.91 Å². The lowest BCUT2D eigenvalue weighted by atomic mass is 9.96. The lowest BCUT2D eigenvalue weighted by Crippen LogP contribution is -2.37. The molecule has 1 heterocycles. The Labute approximate surface area is 133 Å². The van der Waals surface area contributed by atoms with Gasteiger partial charge in [-0.3, -0.25) is 9.59 Å². The molecule has 0 saturated heterocycles. The Hall–Kier alpha value is -2.25. The van der Waals surface area contributed by atoms with Crippen molar-refractivity contribution in [3.8, 4) is 0 Å². The van der Waals surface area contributed by atoms with Crippen LogP contribution >= 0.6 is 0 Å². The molecule has 6 nitrogen and oxygen atoms in total. The smallest absolute Gasteiger partial charge is 0.290 e. The van der Waals surface area contributed by atoms with E-state index < -0.39 is 29.3 Å². The van der Waals surface area contributed by atoms with Crippen molar-refractivity contribution in [1.82, 2.24) is 10.2 Å². The first-order valence-corrected chi connectivity index (χ1v) is 7.29. The average Bonchev–Trinajstić information content (AvgIpc) is 2.76. The number of ketones is 1. The maximum atomic E-state index is 13.5. The summed E-state index contributed by atoms with van der Waals surface area (Å²) < 4.78 is 13.5. The number of Topliss-reactive ketones (excluding diaryl/α,β-unsaturated/α-hetero) is 1. The zero-order valence-corrected chi connectivity index (χ0v) is 12.8. The summed E-state index contributed by atoms with van der Waals surface area (Å²) >= 11 is 0. The molecule has 23 heavy (non-hydrogen) atoms. The van der Waals surface area contributed by atoms with Crippen LogP contribution < -0.4 is 5.32 Å². The van der Waals surface area contributed by atoms with E-state index in [0.29, 0.717) is 18.7 Å². The van der Waals surface area contributed by atoms with Gasteiger partial charge < -0.3 is 20.4 Å². The number of aliphatic hydroxyl groups excluding tert-OH is 2. The van der Waals surface area contributed by atoms with Crippen LogP contribution in [0.3, 0.4) is 0 Å². The summed E-state index contributed by atoms with van der Waals surface area (Å²) in [4.78, 5) is 25.4. The molecule has 0 aliphatic carbocycles. The van der Waals surface area contributed by atoms with Gasteiger partial charge in [0.2, 0.25) is 0 Å². The van der Waals surface area contributed by atoms with Crippen molar-refractivity contribution in [2.75, 3.05) is 26.2 Å². The van der Waals surface area contributed by atoms with Crippen LogP contribution in [-0.2, 0) is 9.59 Å². The number of rotatable bonds is 7. The molecule has 7 heteroatoms. The van der Waals surface area contributed by atoms with Crippen molar-refractivity contribution in [2.24, 2.45) is 0 Å². The number of nitrogens with one attached hydrogen (secondary N) is 1. The van der Waals surface area contributed by atoms with Gasteiger partial charge in [-0.2, -0.15) is 0 Å². The molecule has 0 spiro atoms. The van der Waals surface area contributed by atoms with Gasteiger partial charge in [0, 0.05) is 19.6 Å². The Morgan fingerprint density at radius 1 is 1.39 bits per heavy atom. The van der Waals surface area contributed by atoms with Crippen molar-refractivity contribution >= 4 is 11.7 Å². The highest BCUT2D eigenvalue weighted by Crippen LogP contribution is 2.37. The number of carbonyl (C=O) groups excluding carboxylic acids is 2. The van der Waals surface area contributed by atoms with Crippen LogP contribution in [0.25, 0.3) is 0 Å². The predicted molar refractivity (Wildman–Crippen MR) is 81.1 cm³/mol. The second-order valence-corrected chi connectivity index (χ2v) is 5.25. The van der Waals surface area contributed by atoms with Gasteiger partial charge in [-0.25, -0.2) is 4.39 Å². The highest BCUT2D eigenvalue weighted by atomic mass is 19.1. The Kier molecular flexibility index (Phi) is 5.46. The van der Waals surface area contributed by atoms with Gasteiger partial charge in [-0.1, -0.05) is 12.1 Å². The SMILES string of the molecule is CC(=O)C1=C(O)C(=O)N(CCNCCO)[C@H]1c1cccc(F)c1. The molecule has 1 aromatic carbocycles. The van der Waals surface area contributed by atoms with Gasteiger partial charge in [-0.15, -0.1) is 0 Å². The molecule has 1 atom stereocenters. The fourth-order valence-corrected chi connectivity index (χ4v) is 2.67. The van der Waals surface area contributed by atoms with Crippen LogP contribution in [0.4, 0.5) is 4.39 Å². The van der Waals surface area contributed by atoms with Crippen molar-refractivity contribution in [2.45, 2.75) is 13.0 Å². The molecule has 1 amide bonds. The molecular weight excluding hydrogens is 303 g/mol. The number of hydrogen-bond donors (Lipinski definition) is 3. The quantitative estimate of drug-likeness (QED) is 0.643. The van der Waals surface area contributed by atoms with E-state index in [1.54, 1.807) is 6.07 Å². The number of hydrogen-bond acceptors (Lipinski definition) is 5. The molecule has 0 saturated carbocycles. The largest absolute Gasteiger partial charge is 0.503 e. The lowest BCUT2D eigenvalue weighted by Gasteiger charge is -2.26.